The number of methoxy groups -OCH3 is 1. The summed E-state index contributed by atoms with van der Waals surface area (Å²) in [6.45, 7) is 3.31. The van der Waals surface area contributed by atoms with Crippen molar-refractivity contribution in [3.05, 3.63) is 42.4 Å². The number of nitrogens with zero attached hydrogens (tertiary/aromatic N) is 5. The SMILES string of the molecule is CCC(Oc1ccc(OC)cc1)C(=O)N1CCCC(c2nn(C)c3nccnc23)C1. The first-order chi connectivity index (χ1) is 14.6. The molecule has 4 rings (SSSR count). The summed E-state index contributed by atoms with van der Waals surface area (Å²) < 4.78 is 12.9. The van der Waals surface area contributed by atoms with Crippen molar-refractivity contribution in [3.63, 3.8) is 0 Å². The first-order valence-corrected chi connectivity index (χ1v) is 10.3. The van der Waals surface area contributed by atoms with Gasteiger partial charge in [-0.2, -0.15) is 5.10 Å². The number of benzene rings is 1. The number of hydrogen-bond acceptors (Lipinski definition) is 6. The molecule has 0 bridgehead atoms. The Morgan fingerprint density at radius 2 is 1.93 bits per heavy atom. The lowest BCUT2D eigenvalue weighted by Crippen LogP contribution is -2.46. The fraction of sp³-hybridized carbons (Fsp3) is 0.455. The van der Waals surface area contributed by atoms with Gasteiger partial charge in [-0.3, -0.25) is 4.79 Å². The van der Waals surface area contributed by atoms with Crippen LogP contribution in [0.5, 0.6) is 11.5 Å². The van der Waals surface area contributed by atoms with Gasteiger partial charge >= 0.3 is 0 Å². The Bertz CT molecular complexity index is 1020. The van der Waals surface area contributed by atoms with Crippen LogP contribution in [0.25, 0.3) is 11.2 Å². The molecule has 3 heterocycles. The lowest BCUT2D eigenvalue weighted by atomic mass is 9.94. The van der Waals surface area contributed by atoms with Crippen LogP contribution in [-0.2, 0) is 11.8 Å². The van der Waals surface area contributed by atoms with E-state index in [0.717, 1.165) is 42.0 Å². The second-order valence-corrected chi connectivity index (χ2v) is 7.55. The highest BCUT2D eigenvalue weighted by molar-refractivity contribution is 5.81. The molecule has 30 heavy (non-hydrogen) atoms. The van der Waals surface area contributed by atoms with Crippen LogP contribution in [0, 0.1) is 0 Å². The summed E-state index contributed by atoms with van der Waals surface area (Å²) in [7, 11) is 3.50. The van der Waals surface area contributed by atoms with Gasteiger partial charge in [0.05, 0.1) is 12.8 Å². The fourth-order valence-electron chi connectivity index (χ4n) is 4.01. The number of fused-ring (bicyclic) bond motifs is 1. The maximum Gasteiger partial charge on any atom is 0.263 e. The number of aromatic nitrogens is 4. The van der Waals surface area contributed by atoms with Gasteiger partial charge in [-0.25, -0.2) is 14.6 Å². The number of carbonyl (C=O) groups is 1. The summed E-state index contributed by atoms with van der Waals surface area (Å²) in [5.74, 6) is 1.58. The van der Waals surface area contributed by atoms with Crippen molar-refractivity contribution in [2.75, 3.05) is 20.2 Å². The summed E-state index contributed by atoms with van der Waals surface area (Å²) in [5, 5.41) is 4.67. The molecule has 0 aliphatic carbocycles. The molecule has 1 aromatic carbocycles. The van der Waals surface area contributed by atoms with E-state index in [2.05, 4.69) is 15.1 Å². The maximum absolute atomic E-state index is 13.2. The summed E-state index contributed by atoms with van der Waals surface area (Å²) in [5.41, 5.74) is 2.51. The van der Waals surface area contributed by atoms with Gasteiger partial charge in [-0.1, -0.05) is 6.92 Å². The number of piperidine rings is 1. The van der Waals surface area contributed by atoms with Crippen LogP contribution in [0.1, 0.15) is 37.8 Å². The number of rotatable bonds is 6. The standard InChI is InChI=1S/C22H27N5O3/c1-4-18(30-17-9-7-16(29-3)8-10-17)22(28)27-13-5-6-15(14-27)19-20-21(26(2)25-19)24-12-11-23-20/h7-12,15,18H,4-6,13-14H2,1-3H3. The van der Waals surface area contributed by atoms with Gasteiger partial charge in [-0.05, 0) is 43.5 Å². The molecule has 1 saturated heterocycles. The molecular weight excluding hydrogens is 382 g/mol. The maximum atomic E-state index is 13.2. The van der Waals surface area contributed by atoms with Crippen LogP contribution in [0.4, 0.5) is 0 Å². The van der Waals surface area contributed by atoms with Crippen molar-refractivity contribution in [2.24, 2.45) is 7.05 Å². The van der Waals surface area contributed by atoms with Crippen molar-refractivity contribution in [1.82, 2.24) is 24.6 Å². The molecule has 2 atom stereocenters. The Kier molecular flexibility index (Phi) is 5.83. The van der Waals surface area contributed by atoms with Crippen LogP contribution < -0.4 is 9.47 Å². The zero-order valence-corrected chi connectivity index (χ0v) is 17.6. The van der Waals surface area contributed by atoms with E-state index in [1.807, 2.05) is 43.1 Å². The van der Waals surface area contributed by atoms with E-state index in [4.69, 9.17) is 9.47 Å². The van der Waals surface area contributed by atoms with Gasteiger partial charge in [0.25, 0.3) is 5.91 Å². The number of amides is 1. The Morgan fingerprint density at radius 1 is 1.20 bits per heavy atom. The largest absolute Gasteiger partial charge is 0.497 e. The highest BCUT2D eigenvalue weighted by atomic mass is 16.5. The highest BCUT2D eigenvalue weighted by Gasteiger charge is 2.32. The van der Waals surface area contributed by atoms with Crippen molar-refractivity contribution in [1.29, 1.82) is 0 Å². The molecular formula is C22H27N5O3. The van der Waals surface area contributed by atoms with Crippen LogP contribution >= 0.6 is 0 Å². The van der Waals surface area contributed by atoms with Gasteiger partial charge in [0, 0.05) is 38.4 Å². The monoisotopic (exact) mass is 409 g/mol. The Morgan fingerprint density at radius 3 is 2.67 bits per heavy atom. The second-order valence-electron chi connectivity index (χ2n) is 7.55. The van der Waals surface area contributed by atoms with Crippen LogP contribution in [0.2, 0.25) is 0 Å². The summed E-state index contributed by atoms with van der Waals surface area (Å²) >= 11 is 0. The molecule has 2 aromatic heterocycles. The van der Waals surface area contributed by atoms with E-state index in [-0.39, 0.29) is 11.8 Å². The molecule has 0 radical (unpaired) electrons. The predicted molar refractivity (Wildman–Crippen MR) is 113 cm³/mol. The fourth-order valence-corrected chi connectivity index (χ4v) is 4.01. The number of carbonyl (C=O) groups excluding carboxylic acids is 1. The van der Waals surface area contributed by atoms with Gasteiger partial charge in [0.2, 0.25) is 0 Å². The first kappa shape index (κ1) is 20.1. The lowest BCUT2D eigenvalue weighted by Gasteiger charge is -2.34. The minimum absolute atomic E-state index is 0.0179. The average molecular weight is 409 g/mol. The van der Waals surface area contributed by atoms with E-state index in [0.29, 0.717) is 18.7 Å². The van der Waals surface area contributed by atoms with E-state index in [9.17, 15) is 4.79 Å². The second kappa shape index (κ2) is 8.69. The van der Waals surface area contributed by atoms with Crippen LogP contribution in [-0.4, -0.2) is 56.9 Å². The minimum Gasteiger partial charge on any atom is -0.497 e. The number of ether oxygens (including phenoxy) is 2. The molecule has 0 spiro atoms. The molecule has 1 aliphatic heterocycles. The van der Waals surface area contributed by atoms with Gasteiger partial charge in [0.1, 0.15) is 17.0 Å². The molecule has 1 amide bonds. The smallest absolute Gasteiger partial charge is 0.263 e. The van der Waals surface area contributed by atoms with E-state index in [1.54, 1.807) is 24.2 Å². The molecule has 0 saturated carbocycles. The average Bonchev–Trinajstić information content (AvgIpc) is 3.14. The van der Waals surface area contributed by atoms with Gasteiger partial charge in [0.15, 0.2) is 11.8 Å². The van der Waals surface area contributed by atoms with Crippen molar-refractivity contribution < 1.29 is 14.3 Å². The Labute approximate surface area is 175 Å². The number of likely N-dealkylation sites (tertiary alicyclic amines) is 1. The third-order valence-electron chi connectivity index (χ3n) is 5.59. The molecule has 8 heteroatoms. The van der Waals surface area contributed by atoms with Gasteiger partial charge < -0.3 is 14.4 Å². The summed E-state index contributed by atoms with van der Waals surface area (Å²) in [6.07, 6.45) is 5.35. The highest BCUT2D eigenvalue weighted by Crippen LogP contribution is 2.30. The van der Waals surface area contributed by atoms with E-state index >= 15 is 0 Å². The molecule has 1 aliphatic rings. The van der Waals surface area contributed by atoms with Crippen molar-refractivity contribution in [3.8, 4) is 11.5 Å². The van der Waals surface area contributed by atoms with Crippen LogP contribution in [0.3, 0.4) is 0 Å². The minimum atomic E-state index is -0.516. The Balaban J connectivity index is 1.49. The zero-order chi connectivity index (χ0) is 21.1. The summed E-state index contributed by atoms with van der Waals surface area (Å²) in [4.78, 5) is 24.0. The molecule has 0 N–H and O–H groups in total. The zero-order valence-electron chi connectivity index (χ0n) is 17.6. The van der Waals surface area contributed by atoms with E-state index < -0.39 is 6.10 Å². The molecule has 1 fully saturated rings. The molecule has 158 valence electrons. The van der Waals surface area contributed by atoms with Crippen LogP contribution in [0.15, 0.2) is 36.7 Å². The van der Waals surface area contributed by atoms with E-state index in [1.165, 1.54) is 0 Å². The first-order valence-electron chi connectivity index (χ1n) is 10.3. The third-order valence-corrected chi connectivity index (χ3v) is 5.59. The molecule has 3 aromatic rings. The lowest BCUT2D eigenvalue weighted by molar-refractivity contribution is -0.140. The molecule has 8 nitrogen and oxygen atoms in total. The van der Waals surface area contributed by atoms with Crippen molar-refractivity contribution in [2.45, 2.75) is 38.2 Å². The molecule has 2 unspecified atom stereocenters. The Hall–Kier alpha value is -3.16. The third kappa shape index (κ3) is 3.94. The number of hydrogen-bond donors (Lipinski definition) is 0. The van der Waals surface area contributed by atoms with Gasteiger partial charge in [-0.15, -0.1) is 0 Å². The summed E-state index contributed by atoms with van der Waals surface area (Å²) in [6, 6.07) is 7.31. The van der Waals surface area contributed by atoms with Crippen molar-refractivity contribution >= 4 is 17.1 Å². The predicted octanol–water partition coefficient (Wildman–Crippen LogP) is 2.94. The topological polar surface area (TPSA) is 82.4 Å². The number of aryl methyl sites for hydroxylation is 1. The quantitative estimate of drug-likeness (QED) is 0.623. The normalized spacial score (nSPS) is 17.7.